The molecule has 2 N–H and O–H groups in total. The largest absolute Gasteiger partial charge is 0.462 e. The van der Waals surface area contributed by atoms with E-state index in [1.54, 1.807) is 0 Å². The van der Waals surface area contributed by atoms with E-state index in [0.29, 0.717) is 19.3 Å². The molecule has 0 heterocycles. The topological polar surface area (TPSA) is 93.1 Å². The fraction of sp³-hybridized carbons (Fsp3) is 0.676. The van der Waals surface area contributed by atoms with Crippen molar-refractivity contribution in [1.82, 2.24) is 0 Å². The average molecular weight is 603 g/mol. The summed E-state index contributed by atoms with van der Waals surface area (Å²) in [7, 11) is 0. The van der Waals surface area contributed by atoms with Gasteiger partial charge < -0.3 is 19.7 Å². The van der Waals surface area contributed by atoms with Crippen LogP contribution in [0.1, 0.15) is 130 Å². The summed E-state index contributed by atoms with van der Waals surface area (Å²) in [6.07, 6.45) is 34.9. The third-order valence-electron chi connectivity index (χ3n) is 6.83. The van der Waals surface area contributed by atoms with Crippen molar-refractivity contribution in [2.45, 2.75) is 142 Å². The molecule has 43 heavy (non-hydrogen) atoms. The van der Waals surface area contributed by atoms with E-state index in [2.05, 4.69) is 38.2 Å². The van der Waals surface area contributed by atoms with Crippen LogP contribution < -0.4 is 0 Å². The van der Waals surface area contributed by atoms with Crippen LogP contribution in [0.15, 0.2) is 60.8 Å². The number of aliphatic hydroxyl groups is 2. The number of aliphatic hydroxyl groups excluding tert-OH is 2. The first-order valence-electron chi connectivity index (χ1n) is 16.8. The Morgan fingerprint density at radius 2 is 1.33 bits per heavy atom. The van der Waals surface area contributed by atoms with E-state index < -0.39 is 12.2 Å². The molecule has 0 aromatic rings. The lowest BCUT2D eigenvalue weighted by Gasteiger charge is -2.15. The van der Waals surface area contributed by atoms with E-state index in [4.69, 9.17) is 9.47 Å². The summed E-state index contributed by atoms with van der Waals surface area (Å²) in [6, 6.07) is 0. The summed E-state index contributed by atoms with van der Waals surface area (Å²) < 4.78 is 10.5. The normalized spacial score (nSPS) is 13.8. The zero-order valence-electron chi connectivity index (χ0n) is 27.5. The van der Waals surface area contributed by atoms with Crippen LogP contribution >= 0.6 is 0 Å². The second kappa shape index (κ2) is 31.0. The molecule has 6 nitrogen and oxygen atoms in total. The molecule has 0 saturated heterocycles. The van der Waals surface area contributed by atoms with Gasteiger partial charge in [0.1, 0.15) is 6.61 Å². The highest BCUT2D eigenvalue weighted by molar-refractivity contribution is 5.70. The van der Waals surface area contributed by atoms with Crippen LogP contribution in [0, 0.1) is 5.92 Å². The van der Waals surface area contributed by atoms with Crippen molar-refractivity contribution < 1.29 is 29.3 Å². The third kappa shape index (κ3) is 30.8. The van der Waals surface area contributed by atoms with E-state index in [1.165, 1.54) is 38.5 Å². The Morgan fingerprint density at radius 1 is 0.721 bits per heavy atom. The van der Waals surface area contributed by atoms with Gasteiger partial charge in [-0.2, -0.15) is 0 Å². The smallest absolute Gasteiger partial charge is 0.306 e. The molecule has 0 aromatic carbocycles. The van der Waals surface area contributed by atoms with Crippen molar-refractivity contribution in [3.8, 4) is 0 Å². The molecule has 0 bridgehead atoms. The van der Waals surface area contributed by atoms with Crippen LogP contribution in [0.3, 0.4) is 0 Å². The predicted molar refractivity (Wildman–Crippen MR) is 179 cm³/mol. The second-order valence-corrected chi connectivity index (χ2v) is 11.5. The molecule has 0 aliphatic carbocycles. The van der Waals surface area contributed by atoms with E-state index in [9.17, 15) is 19.8 Å². The summed E-state index contributed by atoms with van der Waals surface area (Å²) in [5, 5.41) is 19.2. The Labute approximate surface area is 263 Å². The highest BCUT2D eigenvalue weighted by Crippen LogP contribution is 2.13. The van der Waals surface area contributed by atoms with Gasteiger partial charge in [-0.25, -0.2) is 0 Å². The van der Waals surface area contributed by atoms with E-state index >= 15 is 0 Å². The molecule has 1 unspecified atom stereocenters. The molecule has 0 spiro atoms. The molecule has 0 aromatic heterocycles. The molecular formula is C37H62O6. The summed E-state index contributed by atoms with van der Waals surface area (Å²) in [4.78, 5) is 24.1. The molecule has 2 atom stereocenters. The number of esters is 2. The Bertz CT molecular complexity index is 808. The standard InChI is InChI=1S/C37H62O6/c1-4-5-27-34(39)28-23-19-15-10-8-6-7-9-11-17-21-25-30-37(41)43-35(31-38)32-42-36(40)29-24-20-16-13-12-14-18-22-26-33(2)3/h5-7,10-11,15,17,19,23,27,33-35,38-39H,4,8-9,12-14,16,18,20-22,24-26,28-32H2,1-3H3/b7-6-,15-10-,17-11-,23-19+,27-5-/t34?,35-/m0/s1. The first-order chi connectivity index (χ1) is 20.9. The fourth-order valence-corrected chi connectivity index (χ4v) is 4.26. The van der Waals surface area contributed by atoms with E-state index in [-0.39, 0.29) is 31.6 Å². The lowest BCUT2D eigenvalue weighted by molar-refractivity contribution is -0.161. The number of carbonyl (C=O) groups excluding carboxylic acids is 2. The molecule has 0 aliphatic rings. The maximum atomic E-state index is 12.1. The van der Waals surface area contributed by atoms with Crippen LogP contribution in [0.5, 0.6) is 0 Å². The van der Waals surface area contributed by atoms with E-state index in [0.717, 1.165) is 50.9 Å². The minimum Gasteiger partial charge on any atom is -0.462 e. The van der Waals surface area contributed by atoms with Gasteiger partial charge in [0.25, 0.3) is 0 Å². The number of allylic oxidation sites excluding steroid dienone is 8. The Kier molecular flexibility index (Phi) is 29.2. The van der Waals surface area contributed by atoms with E-state index in [1.807, 2.05) is 43.4 Å². The SMILES string of the molecule is CC/C=C\C(O)C/C=C/C=C\C/C=C\C/C=C\CCCC(=O)O[C@@H](CO)COC(=O)CCCCCCCCCCC(C)C. The number of rotatable bonds is 28. The van der Waals surface area contributed by atoms with Gasteiger partial charge in [-0.1, -0.05) is 133 Å². The van der Waals surface area contributed by atoms with Crippen LogP contribution in [0.4, 0.5) is 0 Å². The molecule has 0 saturated carbocycles. The zero-order valence-corrected chi connectivity index (χ0v) is 27.5. The quantitative estimate of drug-likeness (QED) is 0.0402. The first-order valence-corrected chi connectivity index (χ1v) is 16.8. The molecule has 0 amide bonds. The zero-order chi connectivity index (χ0) is 31.8. The minimum absolute atomic E-state index is 0.102. The van der Waals surface area contributed by atoms with Crippen molar-refractivity contribution >= 4 is 11.9 Å². The molecule has 0 fully saturated rings. The van der Waals surface area contributed by atoms with Gasteiger partial charge in [0.05, 0.1) is 12.7 Å². The molecule has 246 valence electrons. The summed E-state index contributed by atoms with van der Waals surface area (Å²) >= 11 is 0. The third-order valence-corrected chi connectivity index (χ3v) is 6.83. The van der Waals surface area contributed by atoms with Crippen LogP contribution in [-0.2, 0) is 19.1 Å². The second-order valence-electron chi connectivity index (χ2n) is 11.5. The van der Waals surface area contributed by atoms with Crippen LogP contribution in [-0.4, -0.2) is 47.6 Å². The number of hydrogen-bond acceptors (Lipinski definition) is 6. The van der Waals surface area contributed by atoms with Crippen molar-refractivity contribution in [2.75, 3.05) is 13.2 Å². The number of carbonyl (C=O) groups is 2. The van der Waals surface area contributed by atoms with Crippen molar-refractivity contribution in [3.63, 3.8) is 0 Å². The highest BCUT2D eigenvalue weighted by atomic mass is 16.6. The summed E-state index contributed by atoms with van der Waals surface area (Å²) in [6.45, 7) is 6.12. The van der Waals surface area contributed by atoms with Gasteiger partial charge in [-0.15, -0.1) is 0 Å². The van der Waals surface area contributed by atoms with Gasteiger partial charge in [0.2, 0.25) is 0 Å². The maximum absolute atomic E-state index is 12.1. The van der Waals surface area contributed by atoms with Gasteiger partial charge in [-0.05, 0) is 50.9 Å². The van der Waals surface area contributed by atoms with Gasteiger partial charge in [-0.3, -0.25) is 9.59 Å². The van der Waals surface area contributed by atoms with Crippen LogP contribution in [0.2, 0.25) is 0 Å². The lowest BCUT2D eigenvalue weighted by Crippen LogP contribution is -2.28. The Hall–Kier alpha value is -2.44. The summed E-state index contributed by atoms with van der Waals surface area (Å²) in [5.74, 6) is 0.105. The number of hydrogen-bond donors (Lipinski definition) is 2. The number of ether oxygens (including phenoxy) is 2. The summed E-state index contributed by atoms with van der Waals surface area (Å²) in [5.41, 5.74) is 0. The van der Waals surface area contributed by atoms with Crippen LogP contribution in [0.25, 0.3) is 0 Å². The Morgan fingerprint density at radius 3 is 2.00 bits per heavy atom. The monoisotopic (exact) mass is 602 g/mol. The molecular weight excluding hydrogens is 540 g/mol. The van der Waals surface area contributed by atoms with Crippen molar-refractivity contribution in [3.05, 3.63) is 60.8 Å². The lowest BCUT2D eigenvalue weighted by atomic mass is 10.0. The fourth-order valence-electron chi connectivity index (χ4n) is 4.26. The molecule has 0 rings (SSSR count). The van der Waals surface area contributed by atoms with Crippen molar-refractivity contribution in [2.24, 2.45) is 5.92 Å². The molecule has 6 heteroatoms. The van der Waals surface area contributed by atoms with Gasteiger partial charge >= 0.3 is 11.9 Å². The van der Waals surface area contributed by atoms with Gasteiger partial charge in [0, 0.05) is 12.8 Å². The Balaban J connectivity index is 3.78. The minimum atomic E-state index is -0.813. The maximum Gasteiger partial charge on any atom is 0.306 e. The molecule has 0 aliphatic heterocycles. The van der Waals surface area contributed by atoms with Gasteiger partial charge in [0.15, 0.2) is 6.10 Å². The highest BCUT2D eigenvalue weighted by Gasteiger charge is 2.15. The molecule has 0 radical (unpaired) electrons. The van der Waals surface area contributed by atoms with Crippen molar-refractivity contribution in [1.29, 1.82) is 0 Å². The number of unbranched alkanes of at least 4 members (excludes halogenated alkanes) is 8. The average Bonchev–Trinajstić information content (AvgIpc) is 2.98. The predicted octanol–water partition coefficient (Wildman–Crippen LogP) is 8.88. The first kappa shape index (κ1) is 40.6.